The van der Waals surface area contributed by atoms with Crippen LogP contribution in [0.3, 0.4) is 0 Å². The summed E-state index contributed by atoms with van der Waals surface area (Å²) in [7, 11) is 1.70. The molecule has 2 unspecified atom stereocenters. The molecule has 2 fully saturated rings. The molecule has 0 aromatic heterocycles. The molecule has 0 amide bonds. The lowest BCUT2D eigenvalue weighted by molar-refractivity contribution is -0.126. The zero-order chi connectivity index (χ0) is 12.1. The Kier molecular flexibility index (Phi) is 4.95. The first kappa shape index (κ1) is 13.0. The Labute approximate surface area is 103 Å². The third-order valence-electron chi connectivity index (χ3n) is 3.72. The van der Waals surface area contributed by atoms with Crippen LogP contribution in [0.1, 0.15) is 32.1 Å². The highest BCUT2D eigenvalue weighted by molar-refractivity contribution is 5.81. The third kappa shape index (κ3) is 3.76. The number of rotatable bonds is 6. The maximum Gasteiger partial charge on any atom is 0.136 e. The minimum atomic E-state index is 0.262. The molecule has 0 aromatic rings. The van der Waals surface area contributed by atoms with Crippen LogP contribution in [0.15, 0.2) is 0 Å². The molecule has 98 valence electrons. The average Bonchev–Trinajstić information content (AvgIpc) is 2.34. The fourth-order valence-electron chi connectivity index (χ4n) is 2.85. The molecule has 2 aliphatic heterocycles. The zero-order valence-corrected chi connectivity index (χ0v) is 10.6. The van der Waals surface area contributed by atoms with Gasteiger partial charge in [-0.2, -0.15) is 0 Å². The third-order valence-corrected chi connectivity index (χ3v) is 3.72. The fourth-order valence-corrected chi connectivity index (χ4v) is 2.85. The van der Waals surface area contributed by atoms with Gasteiger partial charge in [0, 0.05) is 38.1 Å². The van der Waals surface area contributed by atoms with Crippen LogP contribution in [-0.2, 0) is 14.3 Å². The molecule has 2 atom stereocenters. The van der Waals surface area contributed by atoms with Gasteiger partial charge in [0.05, 0.1) is 13.2 Å². The Morgan fingerprint density at radius 1 is 1.29 bits per heavy atom. The number of ketones is 1. The van der Waals surface area contributed by atoms with Crippen LogP contribution in [0, 0.1) is 5.92 Å². The molecule has 0 radical (unpaired) electrons. The van der Waals surface area contributed by atoms with Gasteiger partial charge in [-0.15, -0.1) is 0 Å². The molecule has 2 saturated heterocycles. The predicted octanol–water partition coefficient (Wildman–Crippen LogP) is 1.14. The zero-order valence-electron chi connectivity index (χ0n) is 10.6. The highest BCUT2D eigenvalue weighted by atomic mass is 16.5. The van der Waals surface area contributed by atoms with Gasteiger partial charge in [0.25, 0.3) is 0 Å². The highest BCUT2D eigenvalue weighted by Crippen LogP contribution is 2.26. The first-order valence-corrected chi connectivity index (χ1v) is 6.65. The summed E-state index contributed by atoms with van der Waals surface area (Å²) in [6.45, 7) is 2.30. The SMILES string of the molecule is COCCCCC(=O)C1CC2COCC(C1)N2. The Morgan fingerprint density at radius 3 is 2.65 bits per heavy atom. The summed E-state index contributed by atoms with van der Waals surface area (Å²) in [4.78, 5) is 12.1. The van der Waals surface area contributed by atoms with E-state index in [4.69, 9.17) is 9.47 Å². The van der Waals surface area contributed by atoms with E-state index in [9.17, 15) is 4.79 Å². The first-order valence-electron chi connectivity index (χ1n) is 6.65. The summed E-state index contributed by atoms with van der Waals surface area (Å²) in [5, 5.41) is 3.52. The van der Waals surface area contributed by atoms with E-state index in [2.05, 4.69) is 5.32 Å². The van der Waals surface area contributed by atoms with Gasteiger partial charge in [0.2, 0.25) is 0 Å². The number of Topliss-reactive ketones (excluding diaryl/α,β-unsaturated/α-hetero) is 1. The number of unbranched alkanes of at least 4 members (excludes halogenated alkanes) is 1. The van der Waals surface area contributed by atoms with Gasteiger partial charge in [-0.05, 0) is 25.7 Å². The second-order valence-corrected chi connectivity index (χ2v) is 5.18. The minimum absolute atomic E-state index is 0.262. The van der Waals surface area contributed by atoms with Gasteiger partial charge in [-0.25, -0.2) is 0 Å². The van der Waals surface area contributed by atoms with Gasteiger partial charge < -0.3 is 14.8 Å². The monoisotopic (exact) mass is 241 g/mol. The second kappa shape index (κ2) is 6.47. The molecule has 0 aromatic carbocycles. The molecule has 0 aliphatic carbocycles. The van der Waals surface area contributed by atoms with Crippen molar-refractivity contribution in [2.75, 3.05) is 26.9 Å². The van der Waals surface area contributed by atoms with Crippen LogP contribution >= 0.6 is 0 Å². The predicted molar refractivity (Wildman–Crippen MR) is 65.0 cm³/mol. The van der Waals surface area contributed by atoms with E-state index in [1.165, 1.54) is 0 Å². The lowest BCUT2D eigenvalue weighted by atomic mass is 9.83. The van der Waals surface area contributed by atoms with Crippen molar-refractivity contribution in [1.82, 2.24) is 5.32 Å². The summed E-state index contributed by atoms with van der Waals surface area (Å²) in [6, 6.07) is 0.797. The van der Waals surface area contributed by atoms with E-state index >= 15 is 0 Å². The van der Waals surface area contributed by atoms with Crippen molar-refractivity contribution >= 4 is 5.78 Å². The smallest absolute Gasteiger partial charge is 0.136 e. The molecule has 2 rings (SSSR count). The molecule has 2 bridgehead atoms. The number of carbonyl (C=O) groups is 1. The standard InChI is InChI=1S/C13H23NO3/c1-16-5-3-2-4-13(15)10-6-11-8-17-9-12(7-10)14-11/h10-12,14H,2-9H2,1H3. The fraction of sp³-hybridized carbons (Fsp3) is 0.923. The van der Waals surface area contributed by atoms with Crippen LogP contribution in [0.5, 0.6) is 0 Å². The molecular weight excluding hydrogens is 218 g/mol. The first-order chi connectivity index (χ1) is 8.29. The molecule has 0 spiro atoms. The summed E-state index contributed by atoms with van der Waals surface area (Å²) in [5.74, 6) is 0.706. The number of ether oxygens (including phenoxy) is 2. The van der Waals surface area contributed by atoms with E-state index in [1.807, 2.05) is 0 Å². The van der Waals surface area contributed by atoms with Crippen LogP contribution in [0.2, 0.25) is 0 Å². The number of hydrogen-bond acceptors (Lipinski definition) is 4. The van der Waals surface area contributed by atoms with Crippen molar-refractivity contribution in [3.05, 3.63) is 0 Å². The summed E-state index contributed by atoms with van der Waals surface area (Å²) >= 11 is 0. The molecule has 0 saturated carbocycles. The Hall–Kier alpha value is -0.450. The molecular formula is C13H23NO3. The number of piperidine rings is 1. The van der Waals surface area contributed by atoms with E-state index in [0.717, 1.165) is 45.5 Å². The molecule has 2 aliphatic rings. The Balaban J connectivity index is 1.72. The molecule has 17 heavy (non-hydrogen) atoms. The van der Waals surface area contributed by atoms with Gasteiger partial charge in [-0.3, -0.25) is 4.79 Å². The van der Waals surface area contributed by atoms with Crippen molar-refractivity contribution in [3.63, 3.8) is 0 Å². The summed E-state index contributed by atoms with van der Waals surface area (Å²) < 4.78 is 10.5. The lowest BCUT2D eigenvalue weighted by Crippen LogP contribution is -2.55. The van der Waals surface area contributed by atoms with E-state index < -0.39 is 0 Å². The number of morpholine rings is 1. The van der Waals surface area contributed by atoms with Crippen LogP contribution in [0.25, 0.3) is 0 Å². The Morgan fingerprint density at radius 2 is 2.00 bits per heavy atom. The number of methoxy groups -OCH3 is 1. The number of carbonyl (C=O) groups excluding carboxylic acids is 1. The van der Waals surface area contributed by atoms with E-state index in [-0.39, 0.29) is 5.92 Å². The van der Waals surface area contributed by atoms with Crippen LogP contribution in [0.4, 0.5) is 0 Å². The van der Waals surface area contributed by atoms with Crippen LogP contribution < -0.4 is 5.32 Å². The van der Waals surface area contributed by atoms with Gasteiger partial charge in [-0.1, -0.05) is 0 Å². The quantitative estimate of drug-likeness (QED) is 0.708. The summed E-state index contributed by atoms with van der Waals surface area (Å²) in [5.41, 5.74) is 0. The maximum atomic E-state index is 12.1. The second-order valence-electron chi connectivity index (χ2n) is 5.18. The maximum absolute atomic E-state index is 12.1. The molecule has 4 heteroatoms. The summed E-state index contributed by atoms with van der Waals surface area (Å²) in [6.07, 6.45) is 4.58. The number of hydrogen-bond donors (Lipinski definition) is 1. The molecule has 4 nitrogen and oxygen atoms in total. The van der Waals surface area contributed by atoms with E-state index in [0.29, 0.717) is 24.3 Å². The van der Waals surface area contributed by atoms with Crippen molar-refractivity contribution < 1.29 is 14.3 Å². The van der Waals surface area contributed by atoms with Crippen molar-refractivity contribution in [2.24, 2.45) is 5.92 Å². The van der Waals surface area contributed by atoms with Crippen molar-refractivity contribution in [1.29, 1.82) is 0 Å². The minimum Gasteiger partial charge on any atom is -0.385 e. The number of nitrogens with one attached hydrogen (secondary N) is 1. The van der Waals surface area contributed by atoms with Gasteiger partial charge >= 0.3 is 0 Å². The average molecular weight is 241 g/mol. The number of fused-ring (bicyclic) bond motifs is 2. The normalized spacial score (nSPS) is 32.4. The van der Waals surface area contributed by atoms with E-state index in [1.54, 1.807) is 7.11 Å². The van der Waals surface area contributed by atoms with Crippen LogP contribution in [-0.4, -0.2) is 44.8 Å². The lowest BCUT2D eigenvalue weighted by Gasteiger charge is -2.39. The van der Waals surface area contributed by atoms with Crippen molar-refractivity contribution in [3.8, 4) is 0 Å². The topological polar surface area (TPSA) is 47.6 Å². The van der Waals surface area contributed by atoms with Gasteiger partial charge in [0.1, 0.15) is 5.78 Å². The van der Waals surface area contributed by atoms with Gasteiger partial charge in [0.15, 0.2) is 0 Å². The highest BCUT2D eigenvalue weighted by Gasteiger charge is 2.34. The molecule has 2 heterocycles. The largest absolute Gasteiger partial charge is 0.385 e. The van der Waals surface area contributed by atoms with Crippen molar-refractivity contribution in [2.45, 2.75) is 44.2 Å². The molecule has 1 N–H and O–H groups in total. The Bertz CT molecular complexity index is 245.